The molecule has 0 amide bonds. The van der Waals surface area contributed by atoms with Gasteiger partial charge in [-0.1, -0.05) is 92.9 Å². The number of hydrogen-bond acceptors (Lipinski definition) is 3. The van der Waals surface area contributed by atoms with Crippen LogP contribution in [-0.4, -0.2) is 19.5 Å². The second-order valence-electron chi connectivity index (χ2n) is 11.5. The van der Waals surface area contributed by atoms with Gasteiger partial charge in [0.25, 0.3) is 0 Å². The summed E-state index contributed by atoms with van der Waals surface area (Å²) in [6.07, 6.45) is 14.9. The Hall–Kier alpha value is -4.38. The minimum atomic E-state index is 0. The maximum absolute atomic E-state index is 4.93. The van der Waals surface area contributed by atoms with E-state index in [1.54, 1.807) is 12.4 Å². The van der Waals surface area contributed by atoms with Crippen LogP contribution in [0.2, 0.25) is 0 Å². The maximum atomic E-state index is 4.93. The average molecular weight is 682 g/mol. The SMILES string of the molecule is CCCCCCn1c2ccccc2c2cc(/C=C/c3ccc(-c4cc(-c5cccnc5)nc(-c5ccccn5)c4)cc3)ccc21.[S-2].[Zn+2]. The summed E-state index contributed by atoms with van der Waals surface area (Å²) in [7, 11) is 0. The van der Waals surface area contributed by atoms with Crippen LogP contribution in [0.15, 0.2) is 128 Å². The zero-order valence-electron chi connectivity index (χ0n) is 26.7. The Morgan fingerprint density at radius 1 is 0.596 bits per heavy atom. The van der Waals surface area contributed by atoms with Crippen LogP contribution in [0.1, 0.15) is 43.7 Å². The van der Waals surface area contributed by atoms with Gasteiger partial charge in [-0.25, -0.2) is 4.98 Å². The van der Waals surface area contributed by atoms with Gasteiger partial charge in [0.05, 0.1) is 17.1 Å². The van der Waals surface area contributed by atoms with Crippen molar-refractivity contribution < 1.29 is 19.5 Å². The molecule has 228 valence electrons. The van der Waals surface area contributed by atoms with Crippen molar-refractivity contribution in [1.29, 1.82) is 0 Å². The van der Waals surface area contributed by atoms with Gasteiger partial charge in [0, 0.05) is 52.5 Å². The standard InChI is InChI=1S/C41H36N4.S.Zn/c1-2-3-4-9-25-45-40-14-6-5-12-35(40)36-26-31(19-22-41(36)45)16-15-30-17-20-32(21-18-30)34-27-38(33-11-10-23-42-29-33)44-39(28-34)37-13-7-8-24-43-37;;/h5-8,10-24,26-29H,2-4,9,25H2,1H3;;/q;-2;+2/b16-15+;;. The third kappa shape index (κ3) is 7.62. The van der Waals surface area contributed by atoms with Crippen LogP contribution in [0.5, 0.6) is 0 Å². The minimum absolute atomic E-state index is 0. The molecule has 0 radical (unpaired) electrons. The van der Waals surface area contributed by atoms with Gasteiger partial charge < -0.3 is 18.1 Å². The van der Waals surface area contributed by atoms with Gasteiger partial charge in [0.1, 0.15) is 0 Å². The van der Waals surface area contributed by atoms with Gasteiger partial charge in [-0.3, -0.25) is 9.97 Å². The number of benzene rings is 3. The normalized spacial score (nSPS) is 11.1. The molecule has 7 rings (SSSR count). The summed E-state index contributed by atoms with van der Waals surface area (Å²) >= 11 is 0. The van der Waals surface area contributed by atoms with Crippen LogP contribution in [0, 0.1) is 0 Å². The molecule has 0 N–H and O–H groups in total. The molecule has 0 spiro atoms. The van der Waals surface area contributed by atoms with E-state index in [2.05, 4.69) is 112 Å². The summed E-state index contributed by atoms with van der Waals surface area (Å²) in [5, 5.41) is 2.65. The Balaban J connectivity index is 0.00000217. The van der Waals surface area contributed by atoms with Gasteiger partial charge in [-0.05, 0) is 83.3 Å². The fraction of sp³-hybridized carbons (Fsp3) is 0.146. The molecule has 0 aliphatic rings. The number of pyridine rings is 3. The topological polar surface area (TPSA) is 43.6 Å². The Kier molecular flexibility index (Phi) is 11.5. The van der Waals surface area contributed by atoms with Crippen molar-refractivity contribution >= 4 is 47.5 Å². The Bertz CT molecular complexity index is 2030. The molecule has 0 saturated heterocycles. The number of unbranched alkanes of at least 4 members (excludes halogenated alkanes) is 3. The quantitative estimate of drug-likeness (QED) is 0.0820. The number of aryl methyl sites for hydroxylation is 1. The average Bonchev–Trinajstić information content (AvgIpc) is 3.42. The number of para-hydroxylation sites is 1. The van der Waals surface area contributed by atoms with E-state index >= 15 is 0 Å². The largest absolute Gasteiger partial charge is 2.00 e. The zero-order chi connectivity index (χ0) is 30.4. The molecule has 0 unspecified atom stereocenters. The second-order valence-corrected chi connectivity index (χ2v) is 11.5. The first-order valence-electron chi connectivity index (χ1n) is 15.9. The fourth-order valence-electron chi connectivity index (χ4n) is 6.10. The summed E-state index contributed by atoms with van der Waals surface area (Å²) in [6.45, 7) is 3.33. The fourth-order valence-corrected chi connectivity index (χ4v) is 6.10. The third-order valence-corrected chi connectivity index (χ3v) is 8.45. The molecule has 0 saturated carbocycles. The first-order chi connectivity index (χ1) is 22.3. The Morgan fingerprint density at radius 3 is 2.15 bits per heavy atom. The Labute approximate surface area is 296 Å². The smallest absolute Gasteiger partial charge is 2.00 e. The van der Waals surface area contributed by atoms with Crippen LogP contribution < -0.4 is 0 Å². The van der Waals surface area contributed by atoms with Gasteiger partial charge in [0.15, 0.2) is 0 Å². The molecule has 7 aromatic rings. The van der Waals surface area contributed by atoms with Crippen molar-refractivity contribution in [3.63, 3.8) is 0 Å². The molecular weight excluding hydrogens is 646 g/mol. The van der Waals surface area contributed by atoms with E-state index in [1.165, 1.54) is 53.1 Å². The van der Waals surface area contributed by atoms with Crippen molar-refractivity contribution in [2.75, 3.05) is 0 Å². The van der Waals surface area contributed by atoms with Crippen LogP contribution in [0.4, 0.5) is 0 Å². The molecule has 6 heteroatoms. The summed E-state index contributed by atoms with van der Waals surface area (Å²) in [5.74, 6) is 0. The third-order valence-electron chi connectivity index (χ3n) is 8.45. The molecule has 0 atom stereocenters. The molecule has 0 aliphatic heterocycles. The van der Waals surface area contributed by atoms with Crippen molar-refractivity contribution in [1.82, 2.24) is 19.5 Å². The predicted molar refractivity (Wildman–Crippen MR) is 196 cm³/mol. The van der Waals surface area contributed by atoms with E-state index in [0.29, 0.717) is 0 Å². The maximum Gasteiger partial charge on any atom is 2.00 e. The Morgan fingerprint density at radius 2 is 1.36 bits per heavy atom. The van der Waals surface area contributed by atoms with Crippen molar-refractivity contribution in [3.8, 4) is 33.8 Å². The summed E-state index contributed by atoms with van der Waals surface area (Å²) in [4.78, 5) is 13.8. The number of nitrogens with zero attached hydrogens (tertiary/aromatic N) is 4. The predicted octanol–water partition coefficient (Wildman–Crippen LogP) is 10.7. The monoisotopic (exact) mass is 680 g/mol. The molecule has 0 fully saturated rings. The van der Waals surface area contributed by atoms with E-state index in [0.717, 1.165) is 45.9 Å². The first-order valence-corrected chi connectivity index (χ1v) is 15.9. The van der Waals surface area contributed by atoms with E-state index in [9.17, 15) is 0 Å². The molecular formula is C41H36N4SZn. The van der Waals surface area contributed by atoms with E-state index in [4.69, 9.17) is 4.98 Å². The van der Waals surface area contributed by atoms with Crippen molar-refractivity contribution in [2.24, 2.45) is 0 Å². The number of fused-ring (bicyclic) bond motifs is 3. The number of rotatable bonds is 10. The van der Waals surface area contributed by atoms with Crippen LogP contribution in [0.25, 0.3) is 67.7 Å². The van der Waals surface area contributed by atoms with E-state index in [1.807, 2.05) is 36.5 Å². The van der Waals surface area contributed by atoms with Crippen LogP contribution in [0.3, 0.4) is 0 Å². The van der Waals surface area contributed by atoms with Gasteiger partial charge in [-0.2, -0.15) is 0 Å². The van der Waals surface area contributed by atoms with Gasteiger partial charge >= 0.3 is 19.5 Å². The summed E-state index contributed by atoms with van der Waals surface area (Å²) < 4.78 is 2.50. The minimum Gasteiger partial charge on any atom is -2.00 e. The summed E-state index contributed by atoms with van der Waals surface area (Å²) in [5.41, 5.74) is 10.8. The van der Waals surface area contributed by atoms with Crippen molar-refractivity contribution in [2.45, 2.75) is 39.2 Å². The van der Waals surface area contributed by atoms with Gasteiger partial charge in [0.2, 0.25) is 0 Å². The van der Waals surface area contributed by atoms with E-state index in [-0.39, 0.29) is 33.0 Å². The molecule has 0 bridgehead atoms. The molecule has 0 aliphatic carbocycles. The molecule has 3 aromatic carbocycles. The second kappa shape index (κ2) is 16.0. The number of hydrogen-bond donors (Lipinski definition) is 0. The molecule has 4 nitrogen and oxygen atoms in total. The van der Waals surface area contributed by atoms with E-state index < -0.39 is 0 Å². The zero-order valence-corrected chi connectivity index (χ0v) is 30.5. The molecule has 4 aromatic heterocycles. The van der Waals surface area contributed by atoms with Crippen LogP contribution in [-0.2, 0) is 39.5 Å². The van der Waals surface area contributed by atoms with Crippen molar-refractivity contribution in [3.05, 3.63) is 139 Å². The first kappa shape index (κ1) is 34.0. The molecule has 4 heterocycles. The van der Waals surface area contributed by atoms with Gasteiger partial charge in [-0.15, -0.1) is 0 Å². The molecule has 47 heavy (non-hydrogen) atoms. The van der Waals surface area contributed by atoms with Crippen LogP contribution >= 0.6 is 0 Å². The number of aromatic nitrogens is 4. The summed E-state index contributed by atoms with van der Waals surface area (Å²) in [6, 6.07) is 38.5.